The minimum atomic E-state index is -3.14. The Kier molecular flexibility index (Phi) is 5.28. The van der Waals surface area contributed by atoms with Crippen molar-refractivity contribution in [2.45, 2.75) is 17.8 Å². The molecular formula is C19H18ClFN2O3S2. The van der Waals surface area contributed by atoms with Crippen LogP contribution in [0.3, 0.4) is 0 Å². The van der Waals surface area contributed by atoms with Gasteiger partial charge in [0.2, 0.25) is 0 Å². The van der Waals surface area contributed by atoms with Gasteiger partial charge >= 0.3 is 0 Å². The summed E-state index contributed by atoms with van der Waals surface area (Å²) in [6.45, 7) is 0. The summed E-state index contributed by atoms with van der Waals surface area (Å²) < 4.78 is 43.7. The van der Waals surface area contributed by atoms with Crippen LogP contribution in [0.4, 0.5) is 10.1 Å². The zero-order chi connectivity index (χ0) is 19.9. The standard InChI is InChI=1S/C19H18ClFN2O3S2/c1-26-13-5-2-4-12(8-13)23-18-11-28(24,25)10-17(18)22-19(23)27-9-14-15(20)6-3-7-16(14)21/h2-8,17-18H,9-11H2,1H3. The highest BCUT2D eigenvalue weighted by Crippen LogP contribution is 2.37. The molecule has 28 heavy (non-hydrogen) atoms. The number of rotatable bonds is 4. The Morgan fingerprint density at radius 3 is 2.82 bits per heavy atom. The molecule has 0 spiro atoms. The lowest BCUT2D eigenvalue weighted by Crippen LogP contribution is -2.39. The Labute approximate surface area is 172 Å². The molecule has 0 amide bonds. The number of amidine groups is 1. The second-order valence-corrected chi connectivity index (χ2v) is 10.2. The highest BCUT2D eigenvalue weighted by molar-refractivity contribution is 8.13. The molecule has 0 saturated carbocycles. The van der Waals surface area contributed by atoms with Crippen LogP contribution in [0.5, 0.6) is 5.75 Å². The molecule has 0 aromatic heterocycles. The molecule has 2 heterocycles. The zero-order valence-electron chi connectivity index (χ0n) is 15.0. The Bertz CT molecular complexity index is 1020. The number of hydrogen-bond acceptors (Lipinski definition) is 6. The first-order valence-electron chi connectivity index (χ1n) is 8.65. The van der Waals surface area contributed by atoms with Gasteiger partial charge in [0, 0.05) is 28.1 Å². The van der Waals surface area contributed by atoms with Gasteiger partial charge in [-0.3, -0.25) is 4.99 Å². The number of anilines is 1. The second kappa shape index (κ2) is 7.57. The Hall–Kier alpha value is -1.77. The van der Waals surface area contributed by atoms with Crippen molar-refractivity contribution in [3.05, 3.63) is 58.9 Å². The van der Waals surface area contributed by atoms with Gasteiger partial charge in [-0.25, -0.2) is 12.8 Å². The van der Waals surface area contributed by atoms with E-state index in [1.807, 2.05) is 29.2 Å². The van der Waals surface area contributed by atoms with Gasteiger partial charge < -0.3 is 9.64 Å². The molecular weight excluding hydrogens is 423 g/mol. The molecule has 2 aliphatic heterocycles. The maximum Gasteiger partial charge on any atom is 0.164 e. The third-order valence-corrected chi connectivity index (χ3v) is 7.89. The quantitative estimate of drug-likeness (QED) is 0.724. The van der Waals surface area contributed by atoms with Gasteiger partial charge in [0.25, 0.3) is 0 Å². The molecule has 9 heteroatoms. The largest absolute Gasteiger partial charge is 0.497 e. The fourth-order valence-corrected chi connectivity index (χ4v) is 6.81. The van der Waals surface area contributed by atoms with Gasteiger partial charge in [-0.15, -0.1) is 0 Å². The van der Waals surface area contributed by atoms with E-state index in [1.165, 1.54) is 17.8 Å². The van der Waals surface area contributed by atoms with E-state index < -0.39 is 9.84 Å². The molecule has 1 saturated heterocycles. The van der Waals surface area contributed by atoms with E-state index in [4.69, 9.17) is 16.3 Å². The SMILES string of the molecule is COc1cccc(N2C(SCc3c(F)cccc3Cl)=NC3CS(=O)(=O)CC32)c1. The van der Waals surface area contributed by atoms with E-state index in [9.17, 15) is 12.8 Å². The lowest BCUT2D eigenvalue weighted by atomic mass is 10.1. The van der Waals surface area contributed by atoms with Crippen LogP contribution in [0.1, 0.15) is 5.56 Å². The van der Waals surface area contributed by atoms with Crippen LogP contribution in [0, 0.1) is 5.82 Å². The second-order valence-electron chi connectivity index (χ2n) is 6.68. The van der Waals surface area contributed by atoms with Crippen molar-refractivity contribution in [3.8, 4) is 5.75 Å². The molecule has 5 nitrogen and oxygen atoms in total. The molecule has 148 valence electrons. The van der Waals surface area contributed by atoms with Crippen molar-refractivity contribution >= 4 is 44.1 Å². The van der Waals surface area contributed by atoms with Gasteiger partial charge in [-0.05, 0) is 24.3 Å². The molecule has 1 fully saturated rings. The Morgan fingerprint density at radius 1 is 1.29 bits per heavy atom. The number of fused-ring (bicyclic) bond motifs is 1. The number of ether oxygens (including phenoxy) is 1. The summed E-state index contributed by atoms with van der Waals surface area (Å²) in [6, 6.07) is 11.4. The number of halogens is 2. The van der Waals surface area contributed by atoms with Gasteiger partial charge in [0.15, 0.2) is 15.0 Å². The number of nitrogens with zero attached hydrogens (tertiary/aromatic N) is 2. The molecule has 0 aliphatic carbocycles. The van der Waals surface area contributed by atoms with Crippen LogP contribution in [0.2, 0.25) is 5.02 Å². The molecule has 2 atom stereocenters. The average Bonchev–Trinajstić information content (AvgIpc) is 3.12. The molecule has 0 radical (unpaired) electrons. The predicted octanol–water partition coefficient (Wildman–Crippen LogP) is 3.76. The fourth-order valence-electron chi connectivity index (χ4n) is 3.50. The summed E-state index contributed by atoms with van der Waals surface area (Å²) >= 11 is 7.49. The van der Waals surface area contributed by atoms with Crippen LogP contribution in [0.25, 0.3) is 0 Å². The van der Waals surface area contributed by atoms with Crippen molar-refractivity contribution in [2.75, 3.05) is 23.5 Å². The van der Waals surface area contributed by atoms with Crippen LogP contribution >= 0.6 is 23.4 Å². The number of hydrogen-bond donors (Lipinski definition) is 0. The third-order valence-electron chi connectivity index (χ3n) is 4.85. The highest BCUT2D eigenvalue weighted by Gasteiger charge is 2.47. The predicted molar refractivity (Wildman–Crippen MR) is 112 cm³/mol. The first kappa shape index (κ1) is 19.5. The van der Waals surface area contributed by atoms with Gasteiger partial charge in [-0.2, -0.15) is 0 Å². The first-order chi connectivity index (χ1) is 13.4. The molecule has 2 aromatic rings. The van der Waals surface area contributed by atoms with E-state index in [2.05, 4.69) is 4.99 Å². The zero-order valence-corrected chi connectivity index (χ0v) is 17.4. The summed E-state index contributed by atoms with van der Waals surface area (Å²) in [5.41, 5.74) is 1.21. The molecule has 2 aliphatic rings. The Balaban J connectivity index is 1.65. The van der Waals surface area contributed by atoms with Crippen molar-refractivity contribution in [2.24, 2.45) is 4.99 Å². The normalized spacial score (nSPS) is 22.8. The van der Waals surface area contributed by atoms with Gasteiger partial charge in [0.05, 0.1) is 30.7 Å². The Morgan fingerprint density at radius 2 is 2.07 bits per heavy atom. The van der Waals surface area contributed by atoms with E-state index in [-0.39, 0.29) is 29.4 Å². The summed E-state index contributed by atoms with van der Waals surface area (Å²) in [5, 5.41) is 1.03. The van der Waals surface area contributed by atoms with Crippen LogP contribution in [-0.2, 0) is 15.6 Å². The number of thioether (sulfide) groups is 1. The maximum atomic E-state index is 14.1. The third kappa shape index (κ3) is 3.73. The number of sulfone groups is 1. The van der Waals surface area contributed by atoms with Crippen molar-refractivity contribution < 1.29 is 17.5 Å². The first-order valence-corrected chi connectivity index (χ1v) is 11.8. The van der Waals surface area contributed by atoms with Gasteiger partial charge in [0.1, 0.15) is 11.6 Å². The van der Waals surface area contributed by atoms with E-state index in [0.717, 1.165) is 5.69 Å². The van der Waals surface area contributed by atoms with Gasteiger partial charge in [-0.1, -0.05) is 35.5 Å². The summed E-state index contributed by atoms with van der Waals surface area (Å²) in [4.78, 5) is 6.58. The van der Waals surface area contributed by atoms with E-state index >= 15 is 0 Å². The van der Waals surface area contributed by atoms with Crippen LogP contribution in [-0.4, -0.2) is 44.3 Å². The smallest absolute Gasteiger partial charge is 0.164 e. The van der Waals surface area contributed by atoms with Crippen molar-refractivity contribution in [3.63, 3.8) is 0 Å². The maximum absolute atomic E-state index is 14.1. The minimum absolute atomic E-state index is 0.0304. The lowest BCUT2D eigenvalue weighted by Gasteiger charge is -2.26. The summed E-state index contributed by atoms with van der Waals surface area (Å²) in [6.07, 6.45) is 0. The highest BCUT2D eigenvalue weighted by atomic mass is 35.5. The van der Waals surface area contributed by atoms with Crippen LogP contribution < -0.4 is 9.64 Å². The minimum Gasteiger partial charge on any atom is -0.497 e. The topological polar surface area (TPSA) is 59.0 Å². The average molecular weight is 441 g/mol. The monoisotopic (exact) mass is 440 g/mol. The molecule has 0 N–H and O–H groups in total. The summed E-state index contributed by atoms with van der Waals surface area (Å²) in [7, 11) is -1.56. The van der Waals surface area contributed by atoms with E-state index in [1.54, 1.807) is 19.2 Å². The lowest BCUT2D eigenvalue weighted by molar-refractivity contribution is 0.415. The fraction of sp³-hybridized carbons (Fsp3) is 0.316. The molecule has 0 bridgehead atoms. The van der Waals surface area contributed by atoms with Crippen LogP contribution in [0.15, 0.2) is 47.5 Å². The number of benzene rings is 2. The number of aliphatic imine (C=N–C) groups is 1. The van der Waals surface area contributed by atoms with Crippen molar-refractivity contribution in [1.82, 2.24) is 0 Å². The van der Waals surface area contributed by atoms with E-state index in [0.29, 0.717) is 27.3 Å². The molecule has 2 aromatic carbocycles. The number of methoxy groups -OCH3 is 1. The molecule has 2 unspecified atom stereocenters. The molecule has 4 rings (SSSR count). The van der Waals surface area contributed by atoms with Crippen molar-refractivity contribution in [1.29, 1.82) is 0 Å². The summed E-state index contributed by atoms with van der Waals surface area (Å²) in [5.74, 6) is 0.681.